The summed E-state index contributed by atoms with van der Waals surface area (Å²) in [6.07, 6.45) is 3.85. The number of anilines is 2. The number of hydrogen-bond donors (Lipinski definition) is 3. The van der Waals surface area contributed by atoms with Gasteiger partial charge in [0, 0.05) is 38.1 Å². The summed E-state index contributed by atoms with van der Waals surface area (Å²) in [6.45, 7) is 2.26. The zero-order valence-corrected chi connectivity index (χ0v) is 13.7. The summed E-state index contributed by atoms with van der Waals surface area (Å²) in [4.78, 5) is 14.2. The molecule has 0 aromatic heterocycles. The van der Waals surface area contributed by atoms with Gasteiger partial charge in [-0.25, -0.2) is 4.79 Å². The third-order valence-corrected chi connectivity index (χ3v) is 4.41. The highest BCUT2D eigenvalue weighted by molar-refractivity contribution is 5.90. The molecule has 0 saturated heterocycles. The molecule has 2 rings (SSSR count). The molecule has 0 atom stereocenters. The minimum absolute atomic E-state index is 0.145. The topological polar surface area (TPSA) is 64.6 Å². The van der Waals surface area contributed by atoms with Crippen molar-refractivity contribution in [1.29, 1.82) is 0 Å². The monoisotopic (exact) mass is 305 g/mol. The van der Waals surface area contributed by atoms with Crippen LogP contribution < -0.4 is 15.5 Å². The van der Waals surface area contributed by atoms with E-state index in [1.54, 1.807) is 0 Å². The van der Waals surface area contributed by atoms with E-state index < -0.39 is 0 Å². The van der Waals surface area contributed by atoms with Gasteiger partial charge in [-0.05, 0) is 62.3 Å². The van der Waals surface area contributed by atoms with Crippen molar-refractivity contribution in [3.8, 4) is 0 Å². The van der Waals surface area contributed by atoms with Crippen molar-refractivity contribution in [2.75, 3.05) is 30.9 Å². The molecule has 122 valence electrons. The predicted molar refractivity (Wildman–Crippen MR) is 90.5 cm³/mol. The second-order valence-corrected chi connectivity index (χ2v) is 6.39. The number of nitrogens with zero attached hydrogens (tertiary/aromatic N) is 1. The fourth-order valence-electron chi connectivity index (χ4n) is 2.90. The molecule has 22 heavy (non-hydrogen) atoms. The van der Waals surface area contributed by atoms with Gasteiger partial charge in [0.2, 0.25) is 0 Å². The van der Waals surface area contributed by atoms with Crippen molar-refractivity contribution >= 4 is 17.4 Å². The SMILES string of the molecule is Cc1cc(N(C)C)ccc1NC(=O)NC1CCC(CO)CC1. The first-order valence-electron chi connectivity index (χ1n) is 7.96. The van der Waals surface area contributed by atoms with E-state index in [2.05, 4.69) is 16.7 Å². The Hall–Kier alpha value is -1.75. The maximum atomic E-state index is 12.1. The van der Waals surface area contributed by atoms with Crippen LogP contribution >= 0.6 is 0 Å². The summed E-state index contributed by atoms with van der Waals surface area (Å²) in [5.74, 6) is 0.405. The number of nitrogens with one attached hydrogen (secondary N) is 2. The Bertz CT molecular complexity index is 509. The molecular formula is C17H27N3O2. The average Bonchev–Trinajstić information content (AvgIpc) is 2.50. The highest BCUT2D eigenvalue weighted by atomic mass is 16.3. The van der Waals surface area contributed by atoms with E-state index >= 15 is 0 Å². The van der Waals surface area contributed by atoms with Crippen LogP contribution in [0, 0.1) is 12.8 Å². The minimum atomic E-state index is -0.145. The fourth-order valence-corrected chi connectivity index (χ4v) is 2.90. The molecule has 1 fully saturated rings. The second-order valence-electron chi connectivity index (χ2n) is 6.39. The van der Waals surface area contributed by atoms with Gasteiger partial charge in [0.15, 0.2) is 0 Å². The van der Waals surface area contributed by atoms with Crippen molar-refractivity contribution in [3.63, 3.8) is 0 Å². The third kappa shape index (κ3) is 4.37. The number of carbonyl (C=O) groups is 1. The van der Waals surface area contributed by atoms with Crippen LogP contribution in [-0.4, -0.2) is 37.9 Å². The standard InChI is InChI=1S/C17H27N3O2/c1-12-10-15(20(2)3)8-9-16(12)19-17(22)18-14-6-4-13(11-21)5-7-14/h8-10,13-14,21H,4-7,11H2,1-3H3,(H2,18,19,22). The minimum Gasteiger partial charge on any atom is -0.396 e. The number of rotatable bonds is 4. The van der Waals surface area contributed by atoms with Crippen molar-refractivity contribution < 1.29 is 9.90 Å². The van der Waals surface area contributed by atoms with Crippen LogP contribution in [0.5, 0.6) is 0 Å². The van der Waals surface area contributed by atoms with Crippen LogP contribution in [0.15, 0.2) is 18.2 Å². The number of urea groups is 1. The smallest absolute Gasteiger partial charge is 0.319 e. The lowest BCUT2D eigenvalue weighted by molar-refractivity contribution is 0.176. The molecule has 1 aromatic rings. The van der Waals surface area contributed by atoms with E-state index in [-0.39, 0.29) is 18.7 Å². The van der Waals surface area contributed by atoms with Crippen molar-refractivity contribution in [2.24, 2.45) is 5.92 Å². The molecule has 0 spiro atoms. The fraction of sp³-hybridized carbons (Fsp3) is 0.588. The Morgan fingerprint density at radius 2 is 1.95 bits per heavy atom. The third-order valence-electron chi connectivity index (χ3n) is 4.41. The van der Waals surface area contributed by atoms with Gasteiger partial charge >= 0.3 is 6.03 Å². The molecule has 3 N–H and O–H groups in total. The van der Waals surface area contributed by atoms with Gasteiger partial charge in [-0.15, -0.1) is 0 Å². The van der Waals surface area contributed by atoms with Gasteiger partial charge in [-0.2, -0.15) is 0 Å². The van der Waals surface area contributed by atoms with E-state index in [1.165, 1.54) is 0 Å². The molecule has 0 radical (unpaired) electrons. The maximum Gasteiger partial charge on any atom is 0.319 e. The van der Waals surface area contributed by atoms with Gasteiger partial charge in [0.05, 0.1) is 0 Å². The number of carbonyl (C=O) groups excluding carboxylic acids is 1. The molecule has 1 saturated carbocycles. The number of aliphatic hydroxyl groups is 1. The van der Waals surface area contributed by atoms with Crippen molar-refractivity contribution in [2.45, 2.75) is 38.6 Å². The lowest BCUT2D eigenvalue weighted by Gasteiger charge is -2.28. The van der Waals surface area contributed by atoms with E-state index in [0.29, 0.717) is 5.92 Å². The number of aliphatic hydroxyl groups excluding tert-OH is 1. The molecular weight excluding hydrogens is 278 g/mol. The summed E-state index contributed by atoms with van der Waals surface area (Å²) in [5, 5.41) is 15.1. The van der Waals surface area contributed by atoms with E-state index in [9.17, 15) is 4.79 Å². The van der Waals surface area contributed by atoms with Gasteiger partial charge in [-0.1, -0.05) is 0 Å². The summed E-state index contributed by atoms with van der Waals surface area (Å²) in [5.41, 5.74) is 3.00. The largest absolute Gasteiger partial charge is 0.396 e. The quantitative estimate of drug-likeness (QED) is 0.801. The molecule has 1 aliphatic rings. The van der Waals surface area contributed by atoms with Crippen molar-refractivity contribution in [3.05, 3.63) is 23.8 Å². The highest BCUT2D eigenvalue weighted by Crippen LogP contribution is 2.24. The average molecular weight is 305 g/mol. The number of amides is 2. The second kappa shape index (κ2) is 7.49. The van der Waals surface area contributed by atoms with Crippen LogP contribution in [0.3, 0.4) is 0 Å². The zero-order valence-electron chi connectivity index (χ0n) is 13.7. The predicted octanol–water partition coefficient (Wildman–Crippen LogP) is 2.73. The van der Waals surface area contributed by atoms with Gasteiger partial charge in [-0.3, -0.25) is 0 Å². The molecule has 0 bridgehead atoms. The first-order chi connectivity index (χ1) is 10.5. The van der Waals surface area contributed by atoms with Crippen LogP contribution in [-0.2, 0) is 0 Å². The Morgan fingerprint density at radius 1 is 1.27 bits per heavy atom. The van der Waals surface area contributed by atoms with Crippen LogP contribution in [0.1, 0.15) is 31.2 Å². The first-order valence-corrected chi connectivity index (χ1v) is 7.96. The number of benzene rings is 1. The van der Waals surface area contributed by atoms with Gasteiger partial charge in [0.25, 0.3) is 0 Å². The maximum absolute atomic E-state index is 12.1. The molecule has 1 aliphatic carbocycles. The summed E-state index contributed by atoms with van der Waals surface area (Å²) < 4.78 is 0. The Balaban J connectivity index is 1.87. The number of hydrogen-bond acceptors (Lipinski definition) is 3. The molecule has 5 nitrogen and oxygen atoms in total. The summed E-state index contributed by atoms with van der Waals surface area (Å²) >= 11 is 0. The van der Waals surface area contributed by atoms with Crippen LogP contribution in [0.2, 0.25) is 0 Å². The number of aryl methyl sites for hydroxylation is 1. The lowest BCUT2D eigenvalue weighted by Crippen LogP contribution is -2.40. The summed E-state index contributed by atoms with van der Waals surface area (Å²) in [6, 6.07) is 6.06. The Morgan fingerprint density at radius 3 is 2.50 bits per heavy atom. The van der Waals surface area contributed by atoms with Crippen LogP contribution in [0.25, 0.3) is 0 Å². The van der Waals surface area contributed by atoms with Gasteiger partial charge < -0.3 is 20.6 Å². The van der Waals surface area contributed by atoms with Gasteiger partial charge in [0.1, 0.15) is 0 Å². The first kappa shape index (κ1) is 16.6. The molecule has 1 aromatic carbocycles. The zero-order chi connectivity index (χ0) is 16.1. The molecule has 0 aliphatic heterocycles. The van der Waals surface area contributed by atoms with Crippen LogP contribution in [0.4, 0.5) is 16.2 Å². The highest BCUT2D eigenvalue weighted by Gasteiger charge is 2.21. The Labute approximate surface area is 132 Å². The van der Waals surface area contributed by atoms with E-state index in [4.69, 9.17) is 5.11 Å². The summed E-state index contributed by atoms with van der Waals surface area (Å²) in [7, 11) is 3.99. The van der Waals surface area contributed by atoms with Crippen molar-refractivity contribution in [1.82, 2.24) is 5.32 Å². The Kier molecular flexibility index (Phi) is 5.66. The lowest BCUT2D eigenvalue weighted by atomic mass is 9.87. The van der Waals surface area contributed by atoms with E-state index in [0.717, 1.165) is 42.6 Å². The molecule has 5 heteroatoms. The molecule has 2 amide bonds. The molecule has 0 heterocycles. The molecule has 0 unspecified atom stereocenters. The van der Waals surface area contributed by atoms with E-state index in [1.807, 2.05) is 38.1 Å². The normalized spacial score (nSPS) is 21.3.